The highest BCUT2D eigenvalue weighted by Crippen LogP contribution is 2.45. The molecule has 0 saturated heterocycles. The molecule has 3 nitrogen and oxygen atoms in total. The quantitative estimate of drug-likeness (QED) is 0.548. The molecule has 2 rings (SSSR count). The van der Waals surface area contributed by atoms with Crippen LogP contribution in [0.1, 0.15) is 19.4 Å². The SMILES string of the molecule is CC(C)C(=O)Nc1cc(N)cc(-c2ccc(C(F)(F)C(F)(F)F)c(F)c2)c1. The molecule has 2 aromatic carbocycles. The number of benzene rings is 2. The zero-order chi connectivity index (χ0) is 20.6. The normalized spacial score (nSPS) is 12.3. The van der Waals surface area contributed by atoms with Crippen molar-refractivity contribution in [1.82, 2.24) is 0 Å². The summed E-state index contributed by atoms with van der Waals surface area (Å²) >= 11 is 0. The van der Waals surface area contributed by atoms with Crippen molar-refractivity contribution < 1.29 is 31.1 Å². The molecule has 0 atom stereocenters. The summed E-state index contributed by atoms with van der Waals surface area (Å²) in [6.07, 6.45) is -5.92. The summed E-state index contributed by atoms with van der Waals surface area (Å²) in [7, 11) is 0. The van der Waals surface area contributed by atoms with Crippen LogP contribution >= 0.6 is 0 Å². The number of nitrogens with one attached hydrogen (secondary N) is 1. The third-order valence-corrected chi connectivity index (χ3v) is 3.74. The van der Waals surface area contributed by atoms with Crippen molar-refractivity contribution >= 4 is 17.3 Å². The smallest absolute Gasteiger partial charge is 0.399 e. The summed E-state index contributed by atoms with van der Waals surface area (Å²) in [6.45, 7) is 3.33. The van der Waals surface area contributed by atoms with Crippen LogP contribution in [0.2, 0.25) is 0 Å². The summed E-state index contributed by atoms with van der Waals surface area (Å²) < 4.78 is 78.1. The Bertz CT molecular complexity index is 861. The molecule has 0 fully saturated rings. The van der Waals surface area contributed by atoms with Gasteiger partial charge in [-0.2, -0.15) is 22.0 Å². The van der Waals surface area contributed by atoms with Crippen molar-refractivity contribution in [2.45, 2.75) is 25.9 Å². The van der Waals surface area contributed by atoms with Crippen molar-refractivity contribution in [1.29, 1.82) is 0 Å². The van der Waals surface area contributed by atoms with Gasteiger partial charge in [-0.15, -0.1) is 0 Å². The average molecular weight is 390 g/mol. The first-order valence-corrected chi connectivity index (χ1v) is 7.79. The van der Waals surface area contributed by atoms with E-state index in [2.05, 4.69) is 5.32 Å². The second-order valence-corrected chi connectivity index (χ2v) is 6.25. The summed E-state index contributed by atoms with van der Waals surface area (Å²) in [4.78, 5) is 11.8. The molecular weight excluding hydrogens is 374 g/mol. The van der Waals surface area contributed by atoms with Crippen LogP contribution in [0, 0.1) is 11.7 Å². The van der Waals surface area contributed by atoms with Gasteiger partial charge in [-0.05, 0) is 41.5 Å². The lowest BCUT2D eigenvalue weighted by Crippen LogP contribution is -2.34. The van der Waals surface area contributed by atoms with Crippen LogP contribution in [0.5, 0.6) is 0 Å². The Morgan fingerprint density at radius 1 is 1.00 bits per heavy atom. The molecule has 2 aromatic rings. The monoisotopic (exact) mass is 390 g/mol. The molecule has 0 unspecified atom stereocenters. The van der Waals surface area contributed by atoms with Gasteiger partial charge in [0.1, 0.15) is 5.82 Å². The second-order valence-electron chi connectivity index (χ2n) is 6.25. The lowest BCUT2D eigenvalue weighted by Gasteiger charge is -2.20. The first-order chi connectivity index (χ1) is 12.3. The second kappa shape index (κ2) is 7.13. The molecule has 146 valence electrons. The average Bonchev–Trinajstić information content (AvgIpc) is 2.52. The minimum Gasteiger partial charge on any atom is -0.399 e. The number of carbonyl (C=O) groups is 1. The van der Waals surface area contributed by atoms with Gasteiger partial charge in [0.25, 0.3) is 0 Å². The summed E-state index contributed by atoms with van der Waals surface area (Å²) in [5.41, 5.74) is 4.71. The van der Waals surface area contributed by atoms with Gasteiger partial charge in [-0.1, -0.05) is 19.9 Å². The van der Waals surface area contributed by atoms with Crippen LogP contribution in [-0.4, -0.2) is 12.1 Å². The van der Waals surface area contributed by atoms with Crippen LogP contribution in [0.15, 0.2) is 36.4 Å². The van der Waals surface area contributed by atoms with Gasteiger partial charge < -0.3 is 11.1 Å². The molecule has 27 heavy (non-hydrogen) atoms. The molecule has 1 amide bonds. The topological polar surface area (TPSA) is 55.1 Å². The van der Waals surface area contributed by atoms with Gasteiger partial charge in [0, 0.05) is 17.3 Å². The number of hydrogen-bond donors (Lipinski definition) is 2. The molecule has 3 N–H and O–H groups in total. The standard InChI is InChI=1S/C18H16F6N2O/c1-9(2)16(27)26-13-6-11(5-12(25)8-13)10-3-4-14(15(19)7-10)17(20,21)18(22,23)24/h3-9H,25H2,1-2H3,(H,26,27). The third kappa shape index (κ3) is 4.35. The molecule has 0 aliphatic rings. The van der Waals surface area contributed by atoms with Crippen molar-refractivity contribution in [3.63, 3.8) is 0 Å². The van der Waals surface area contributed by atoms with E-state index in [1.165, 1.54) is 18.2 Å². The Hall–Kier alpha value is -2.71. The minimum atomic E-state index is -5.92. The fourth-order valence-corrected chi connectivity index (χ4v) is 2.28. The number of nitrogen functional groups attached to an aromatic ring is 1. The Morgan fingerprint density at radius 2 is 1.63 bits per heavy atom. The van der Waals surface area contributed by atoms with Gasteiger partial charge >= 0.3 is 12.1 Å². The first kappa shape index (κ1) is 20.6. The van der Waals surface area contributed by atoms with E-state index in [1.807, 2.05) is 0 Å². The number of rotatable bonds is 4. The van der Waals surface area contributed by atoms with Crippen LogP contribution in [0.3, 0.4) is 0 Å². The Morgan fingerprint density at radius 3 is 2.15 bits per heavy atom. The van der Waals surface area contributed by atoms with Crippen LogP contribution in [-0.2, 0) is 10.7 Å². The fraction of sp³-hybridized carbons (Fsp3) is 0.278. The van der Waals surface area contributed by atoms with Gasteiger partial charge in [-0.25, -0.2) is 4.39 Å². The molecule has 0 spiro atoms. The van der Waals surface area contributed by atoms with Crippen molar-refractivity contribution in [2.75, 3.05) is 11.1 Å². The Labute approximate surface area is 151 Å². The van der Waals surface area contributed by atoms with E-state index in [1.54, 1.807) is 13.8 Å². The van der Waals surface area contributed by atoms with E-state index >= 15 is 0 Å². The van der Waals surface area contributed by atoms with Crippen LogP contribution < -0.4 is 11.1 Å². The largest absolute Gasteiger partial charge is 0.458 e. The molecule has 0 aromatic heterocycles. The van der Waals surface area contributed by atoms with E-state index in [0.717, 1.165) is 6.07 Å². The number of alkyl halides is 5. The molecule has 0 bridgehead atoms. The number of halogens is 6. The molecule has 0 radical (unpaired) electrons. The number of hydrogen-bond acceptors (Lipinski definition) is 2. The van der Waals surface area contributed by atoms with E-state index in [4.69, 9.17) is 5.73 Å². The number of nitrogens with two attached hydrogens (primary N) is 1. The van der Waals surface area contributed by atoms with Crippen LogP contribution in [0.4, 0.5) is 37.7 Å². The zero-order valence-electron chi connectivity index (χ0n) is 14.3. The van der Waals surface area contributed by atoms with Crippen molar-refractivity contribution in [3.05, 3.63) is 47.8 Å². The van der Waals surface area contributed by atoms with Crippen molar-refractivity contribution in [2.24, 2.45) is 5.92 Å². The summed E-state index contributed by atoms with van der Waals surface area (Å²) in [5, 5.41) is 2.58. The number of anilines is 2. The summed E-state index contributed by atoms with van der Waals surface area (Å²) in [5.74, 6) is -7.65. The molecule has 0 saturated carbocycles. The van der Waals surface area contributed by atoms with Gasteiger partial charge in [0.2, 0.25) is 5.91 Å². The highest BCUT2D eigenvalue weighted by atomic mass is 19.4. The van der Waals surface area contributed by atoms with Crippen molar-refractivity contribution in [3.8, 4) is 11.1 Å². The van der Waals surface area contributed by atoms with Gasteiger partial charge in [0.05, 0.1) is 5.56 Å². The van der Waals surface area contributed by atoms with Gasteiger partial charge in [-0.3, -0.25) is 4.79 Å². The molecule has 0 aliphatic carbocycles. The number of carbonyl (C=O) groups excluding carboxylic acids is 1. The first-order valence-electron chi connectivity index (χ1n) is 7.79. The lowest BCUT2D eigenvalue weighted by molar-refractivity contribution is -0.290. The zero-order valence-corrected chi connectivity index (χ0v) is 14.3. The number of amides is 1. The lowest BCUT2D eigenvalue weighted by atomic mass is 9.99. The fourth-order valence-electron chi connectivity index (χ4n) is 2.28. The Balaban J connectivity index is 2.44. The van der Waals surface area contributed by atoms with E-state index < -0.39 is 23.5 Å². The minimum absolute atomic E-state index is 0.0292. The predicted octanol–water partition coefficient (Wildman–Crippen LogP) is 5.32. The maximum Gasteiger partial charge on any atom is 0.458 e. The molecule has 0 heterocycles. The van der Waals surface area contributed by atoms with E-state index in [-0.39, 0.29) is 34.3 Å². The molecule has 9 heteroatoms. The van der Waals surface area contributed by atoms with Crippen LogP contribution in [0.25, 0.3) is 11.1 Å². The van der Waals surface area contributed by atoms with Gasteiger partial charge in [0.15, 0.2) is 0 Å². The van der Waals surface area contributed by atoms with E-state index in [9.17, 15) is 31.1 Å². The van der Waals surface area contributed by atoms with E-state index in [0.29, 0.717) is 12.1 Å². The Kier molecular flexibility index (Phi) is 5.44. The predicted molar refractivity (Wildman–Crippen MR) is 89.7 cm³/mol. The molecule has 0 aliphatic heterocycles. The maximum absolute atomic E-state index is 14.0. The third-order valence-electron chi connectivity index (χ3n) is 3.74. The highest BCUT2D eigenvalue weighted by Gasteiger charge is 2.59. The molecular formula is C18H16F6N2O. The highest BCUT2D eigenvalue weighted by molar-refractivity contribution is 5.93. The maximum atomic E-state index is 14.0. The summed E-state index contributed by atoms with van der Waals surface area (Å²) in [6, 6.07) is 6.10.